The van der Waals surface area contributed by atoms with Crippen molar-refractivity contribution >= 4 is 27.6 Å². The highest BCUT2D eigenvalue weighted by Gasteiger charge is 2.20. The van der Waals surface area contributed by atoms with Gasteiger partial charge in [0.2, 0.25) is 0 Å². The number of benzene rings is 2. The molecule has 0 heterocycles. The molecule has 104 valence electrons. The molecular formula is C13H10ClNO4S. The van der Waals surface area contributed by atoms with Crippen LogP contribution in [0.5, 0.6) is 5.75 Å². The minimum absolute atomic E-state index is 0.0156. The molecule has 0 aliphatic heterocycles. The number of para-hydroxylation sites is 1. The van der Waals surface area contributed by atoms with Gasteiger partial charge in [-0.3, -0.25) is 4.79 Å². The number of primary amides is 1. The number of hydrogen-bond donors (Lipinski definition) is 1. The van der Waals surface area contributed by atoms with Crippen molar-refractivity contribution in [3.8, 4) is 5.75 Å². The molecule has 2 aromatic carbocycles. The molecule has 0 bridgehead atoms. The summed E-state index contributed by atoms with van der Waals surface area (Å²) in [5.41, 5.74) is 5.15. The molecule has 0 fully saturated rings. The zero-order chi connectivity index (χ0) is 14.8. The van der Waals surface area contributed by atoms with Crippen LogP contribution in [0.3, 0.4) is 0 Å². The van der Waals surface area contributed by atoms with Gasteiger partial charge in [-0.05, 0) is 30.3 Å². The van der Waals surface area contributed by atoms with Crippen molar-refractivity contribution in [2.45, 2.75) is 4.90 Å². The third kappa shape index (κ3) is 3.09. The van der Waals surface area contributed by atoms with Crippen LogP contribution in [0.1, 0.15) is 10.4 Å². The molecule has 0 aliphatic rings. The van der Waals surface area contributed by atoms with Gasteiger partial charge in [0, 0.05) is 5.02 Å². The van der Waals surface area contributed by atoms with E-state index in [1.54, 1.807) is 6.07 Å². The highest BCUT2D eigenvalue weighted by molar-refractivity contribution is 7.87. The van der Waals surface area contributed by atoms with Crippen molar-refractivity contribution < 1.29 is 17.4 Å². The van der Waals surface area contributed by atoms with Crippen LogP contribution in [0.15, 0.2) is 53.4 Å². The molecule has 0 aromatic heterocycles. The van der Waals surface area contributed by atoms with Crippen molar-refractivity contribution in [1.82, 2.24) is 0 Å². The summed E-state index contributed by atoms with van der Waals surface area (Å²) in [4.78, 5) is 11.1. The van der Waals surface area contributed by atoms with Gasteiger partial charge in [0.15, 0.2) is 5.75 Å². The first-order valence-corrected chi connectivity index (χ1v) is 7.27. The Bertz CT molecular complexity index is 758. The molecule has 1 amide bonds. The highest BCUT2D eigenvalue weighted by Crippen LogP contribution is 2.23. The smallest absolute Gasteiger partial charge is 0.339 e. The van der Waals surface area contributed by atoms with Crippen molar-refractivity contribution in [2.24, 2.45) is 5.73 Å². The second kappa shape index (κ2) is 5.52. The Kier molecular flexibility index (Phi) is 3.96. The molecule has 0 aliphatic carbocycles. The number of hydrogen-bond acceptors (Lipinski definition) is 4. The molecule has 20 heavy (non-hydrogen) atoms. The fraction of sp³-hybridized carbons (Fsp3) is 0. The molecule has 7 heteroatoms. The average Bonchev–Trinajstić information content (AvgIpc) is 2.38. The van der Waals surface area contributed by atoms with Crippen LogP contribution >= 0.6 is 11.6 Å². The number of nitrogens with two attached hydrogens (primary N) is 1. The van der Waals surface area contributed by atoms with Gasteiger partial charge in [-0.25, -0.2) is 0 Å². The molecule has 2 rings (SSSR count). The molecule has 0 unspecified atom stereocenters. The molecule has 0 spiro atoms. The second-order valence-electron chi connectivity index (χ2n) is 3.86. The van der Waals surface area contributed by atoms with E-state index >= 15 is 0 Å². The lowest BCUT2D eigenvalue weighted by Crippen LogP contribution is -2.16. The van der Waals surface area contributed by atoms with Gasteiger partial charge in [0.25, 0.3) is 5.91 Å². The van der Waals surface area contributed by atoms with E-state index in [1.165, 1.54) is 42.5 Å². The summed E-state index contributed by atoms with van der Waals surface area (Å²) in [5.74, 6) is -0.901. The first-order valence-electron chi connectivity index (χ1n) is 5.49. The molecule has 5 nitrogen and oxygen atoms in total. The Hall–Kier alpha value is -2.05. The van der Waals surface area contributed by atoms with Crippen molar-refractivity contribution in [3.63, 3.8) is 0 Å². The van der Waals surface area contributed by atoms with Crippen LogP contribution in [0.4, 0.5) is 0 Å². The molecule has 0 saturated heterocycles. The fourth-order valence-electron chi connectivity index (χ4n) is 1.53. The Morgan fingerprint density at radius 1 is 1.10 bits per heavy atom. The number of carbonyl (C=O) groups is 1. The zero-order valence-corrected chi connectivity index (χ0v) is 11.7. The van der Waals surface area contributed by atoms with Gasteiger partial charge >= 0.3 is 10.1 Å². The zero-order valence-electron chi connectivity index (χ0n) is 10.1. The van der Waals surface area contributed by atoms with E-state index in [9.17, 15) is 13.2 Å². The Morgan fingerprint density at radius 2 is 1.80 bits per heavy atom. The number of amides is 1. The van der Waals surface area contributed by atoms with Gasteiger partial charge < -0.3 is 9.92 Å². The van der Waals surface area contributed by atoms with Gasteiger partial charge in [0.1, 0.15) is 4.90 Å². The average molecular weight is 312 g/mol. The maximum Gasteiger partial charge on any atom is 0.339 e. The SMILES string of the molecule is NC(=O)c1ccccc1OS(=O)(=O)c1cccc(Cl)c1. The van der Waals surface area contributed by atoms with Crippen LogP contribution in [0.25, 0.3) is 0 Å². The van der Waals surface area contributed by atoms with Crippen molar-refractivity contribution in [3.05, 3.63) is 59.1 Å². The molecule has 0 atom stereocenters. The topological polar surface area (TPSA) is 86.5 Å². The van der Waals surface area contributed by atoms with Gasteiger partial charge in [0.05, 0.1) is 5.56 Å². The lowest BCUT2D eigenvalue weighted by atomic mass is 10.2. The summed E-state index contributed by atoms with van der Waals surface area (Å²) in [6.45, 7) is 0. The first-order chi connectivity index (χ1) is 9.40. The predicted molar refractivity (Wildman–Crippen MR) is 74.2 cm³/mol. The van der Waals surface area contributed by atoms with Gasteiger partial charge in [-0.1, -0.05) is 29.8 Å². The minimum Gasteiger partial charge on any atom is -0.378 e. The summed E-state index contributed by atoms with van der Waals surface area (Å²) >= 11 is 5.74. The number of carbonyl (C=O) groups excluding carboxylic acids is 1. The van der Waals surface area contributed by atoms with E-state index in [1.807, 2.05) is 0 Å². The third-order valence-corrected chi connectivity index (χ3v) is 3.90. The van der Waals surface area contributed by atoms with Crippen molar-refractivity contribution in [1.29, 1.82) is 0 Å². The molecular weight excluding hydrogens is 302 g/mol. The van der Waals surface area contributed by atoms with Crippen LogP contribution < -0.4 is 9.92 Å². The lowest BCUT2D eigenvalue weighted by Gasteiger charge is -2.09. The number of rotatable bonds is 4. The maximum absolute atomic E-state index is 12.1. The Morgan fingerprint density at radius 3 is 2.45 bits per heavy atom. The monoisotopic (exact) mass is 311 g/mol. The second-order valence-corrected chi connectivity index (χ2v) is 5.84. The summed E-state index contributed by atoms with van der Waals surface area (Å²) in [5, 5.41) is 0.262. The van der Waals surface area contributed by atoms with Crippen LogP contribution in [0, 0.1) is 0 Å². The maximum atomic E-state index is 12.1. The normalized spacial score (nSPS) is 11.1. The Labute approximate surface area is 121 Å². The predicted octanol–water partition coefficient (Wildman–Crippen LogP) is 2.21. The first kappa shape index (κ1) is 14.4. The lowest BCUT2D eigenvalue weighted by molar-refractivity contribution is 0.0999. The van der Waals surface area contributed by atoms with E-state index < -0.39 is 16.0 Å². The van der Waals surface area contributed by atoms with Crippen LogP contribution in [-0.2, 0) is 10.1 Å². The minimum atomic E-state index is -4.08. The van der Waals surface area contributed by atoms with Crippen LogP contribution in [-0.4, -0.2) is 14.3 Å². The van der Waals surface area contributed by atoms with E-state index in [0.29, 0.717) is 0 Å². The third-order valence-electron chi connectivity index (χ3n) is 2.44. The summed E-state index contributed by atoms with van der Waals surface area (Å²) in [7, 11) is -4.08. The van der Waals surface area contributed by atoms with E-state index in [2.05, 4.69) is 0 Å². The fourth-order valence-corrected chi connectivity index (χ4v) is 2.78. The van der Waals surface area contributed by atoms with E-state index in [4.69, 9.17) is 21.5 Å². The summed E-state index contributed by atoms with van der Waals surface area (Å²) < 4.78 is 29.1. The van der Waals surface area contributed by atoms with E-state index in [0.717, 1.165) is 0 Å². The summed E-state index contributed by atoms with van der Waals surface area (Å²) in [6, 6.07) is 11.4. The van der Waals surface area contributed by atoms with Gasteiger partial charge in [-0.15, -0.1) is 0 Å². The van der Waals surface area contributed by atoms with Gasteiger partial charge in [-0.2, -0.15) is 8.42 Å². The molecule has 2 aromatic rings. The van der Waals surface area contributed by atoms with Crippen molar-refractivity contribution in [2.75, 3.05) is 0 Å². The molecule has 2 N–H and O–H groups in total. The quantitative estimate of drug-likeness (QED) is 0.877. The molecule has 0 saturated carbocycles. The summed E-state index contributed by atoms with van der Waals surface area (Å²) in [6.07, 6.45) is 0. The van der Waals surface area contributed by atoms with Crippen LogP contribution in [0.2, 0.25) is 5.02 Å². The van der Waals surface area contributed by atoms with E-state index in [-0.39, 0.29) is 21.2 Å². The standard InChI is InChI=1S/C13H10ClNO4S/c14-9-4-3-5-10(8-9)20(17,18)19-12-7-2-1-6-11(12)13(15)16/h1-8H,(H2,15,16). The number of halogens is 1. The largest absolute Gasteiger partial charge is 0.378 e. The Balaban J connectivity index is 2.41. The highest BCUT2D eigenvalue weighted by atomic mass is 35.5. The molecule has 0 radical (unpaired) electrons.